The highest BCUT2D eigenvalue weighted by molar-refractivity contribution is 4.78. The van der Waals surface area contributed by atoms with Crippen molar-refractivity contribution in [3.8, 4) is 0 Å². The molecule has 1 aliphatic heterocycles. The van der Waals surface area contributed by atoms with Crippen LogP contribution in [0.4, 0.5) is 0 Å². The number of hydrogen-bond acceptors (Lipinski definition) is 4. The third-order valence-corrected chi connectivity index (χ3v) is 2.45. The molecule has 0 spiro atoms. The van der Waals surface area contributed by atoms with Crippen LogP contribution in [0.2, 0.25) is 0 Å². The van der Waals surface area contributed by atoms with Gasteiger partial charge in [0, 0.05) is 6.61 Å². The molecule has 1 N–H and O–H groups in total. The average Bonchev–Trinajstić information content (AvgIpc) is 2.30. The second-order valence-electron chi connectivity index (χ2n) is 3.70. The van der Waals surface area contributed by atoms with Crippen LogP contribution < -0.4 is 5.32 Å². The van der Waals surface area contributed by atoms with Crippen molar-refractivity contribution in [3.63, 3.8) is 0 Å². The molecule has 0 bridgehead atoms. The van der Waals surface area contributed by atoms with Gasteiger partial charge in [0.1, 0.15) is 0 Å². The van der Waals surface area contributed by atoms with Crippen molar-refractivity contribution in [1.29, 1.82) is 0 Å². The highest BCUT2D eigenvalue weighted by atomic mass is 16.6. The van der Waals surface area contributed by atoms with Gasteiger partial charge in [-0.15, -0.1) is 0 Å². The monoisotopic (exact) mass is 217 g/mol. The minimum atomic E-state index is 0.136. The lowest BCUT2D eigenvalue weighted by Crippen LogP contribution is -2.49. The summed E-state index contributed by atoms with van der Waals surface area (Å²) >= 11 is 0. The van der Waals surface area contributed by atoms with Gasteiger partial charge in [-0.2, -0.15) is 0 Å². The summed E-state index contributed by atoms with van der Waals surface area (Å²) in [6.07, 6.45) is 1.26. The van der Waals surface area contributed by atoms with Crippen molar-refractivity contribution in [3.05, 3.63) is 0 Å². The molecule has 0 aromatic carbocycles. The fraction of sp³-hybridized carbons (Fsp3) is 1.00. The zero-order valence-corrected chi connectivity index (χ0v) is 9.83. The molecule has 2 atom stereocenters. The molecule has 0 amide bonds. The van der Waals surface area contributed by atoms with Gasteiger partial charge in [0.25, 0.3) is 0 Å². The van der Waals surface area contributed by atoms with Crippen molar-refractivity contribution >= 4 is 0 Å². The second kappa shape index (κ2) is 8.05. The van der Waals surface area contributed by atoms with Gasteiger partial charge in [0.2, 0.25) is 0 Å². The number of hydrogen-bond donors (Lipinski definition) is 1. The Kier molecular flexibility index (Phi) is 6.92. The minimum Gasteiger partial charge on any atom is -0.380 e. The topological polar surface area (TPSA) is 39.7 Å². The van der Waals surface area contributed by atoms with Gasteiger partial charge < -0.3 is 19.5 Å². The van der Waals surface area contributed by atoms with E-state index in [1.807, 2.05) is 6.92 Å². The first kappa shape index (κ1) is 12.9. The van der Waals surface area contributed by atoms with E-state index in [4.69, 9.17) is 14.2 Å². The Balaban J connectivity index is 2.30. The molecule has 0 saturated carbocycles. The van der Waals surface area contributed by atoms with E-state index < -0.39 is 0 Å². The van der Waals surface area contributed by atoms with Crippen LogP contribution in [0.25, 0.3) is 0 Å². The Morgan fingerprint density at radius 2 is 2.27 bits per heavy atom. The van der Waals surface area contributed by atoms with Crippen molar-refractivity contribution in [2.75, 3.05) is 39.6 Å². The lowest BCUT2D eigenvalue weighted by atomic mass is 10.1. The van der Waals surface area contributed by atoms with E-state index in [-0.39, 0.29) is 12.1 Å². The molecule has 0 aromatic rings. The van der Waals surface area contributed by atoms with Gasteiger partial charge in [0.05, 0.1) is 38.6 Å². The highest BCUT2D eigenvalue weighted by Gasteiger charge is 2.24. The lowest BCUT2D eigenvalue weighted by Gasteiger charge is -2.30. The zero-order valence-electron chi connectivity index (χ0n) is 9.83. The molecule has 0 aromatic heterocycles. The molecule has 0 aliphatic carbocycles. The van der Waals surface area contributed by atoms with E-state index >= 15 is 0 Å². The summed E-state index contributed by atoms with van der Waals surface area (Å²) in [6, 6.07) is 0.255. The van der Waals surface area contributed by atoms with E-state index in [2.05, 4.69) is 12.2 Å². The normalized spacial score (nSPS) is 24.0. The molecular formula is C11H23NO3. The Hall–Kier alpha value is -0.160. The van der Waals surface area contributed by atoms with E-state index in [1.54, 1.807) is 0 Å². The van der Waals surface area contributed by atoms with Crippen LogP contribution >= 0.6 is 0 Å². The quantitative estimate of drug-likeness (QED) is 0.685. The third kappa shape index (κ3) is 4.93. The molecular weight excluding hydrogens is 194 g/mol. The van der Waals surface area contributed by atoms with Crippen LogP contribution in [0, 0.1) is 0 Å². The molecule has 15 heavy (non-hydrogen) atoms. The summed E-state index contributed by atoms with van der Waals surface area (Å²) in [5.74, 6) is 0. The molecule has 1 fully saturated rings. The van der Waals surface area contributed by atoms with Crippen LogP contribution in [0.15, 0.2) is 0 Å². The van der Waals surface area contributed by atoms with Gasteiger partial charge in [-0.1, -0.05) is 6.92 Å². The fourth-order valence-corrected chi connectivity index (χ4v) is 1.61. The molecule has 4 heteroatoms. The summed E-state index contributed by atoms with van der Waals surface area (Å²) in [6.45, 7) is 8.69. The van der Waals surface area contributed by atoms with E-state index in [1.165, 1.54) is 0 Å². The average molecular weight is 217 g/mol. The van der Waals surface area contributed by atoms with Crippen LogP contribution in [0.5, 0.6) is 0 Å². The number of rotatable bonds is 7. The number of nitrogens with one attached hydrogen (secondary N) is 1. The molecule has 0 radical (unpaired) electrons. The largest absolute Gasteiger partial charge is 0.380 e. The lowest BCUT2D eigenvalue weighted by molar-refractivity contribution is -0.110. The first-order chi connectivity index (χ1) is 7.38. The summed E-state index contributed by atoms with van der Waals surface area (Å²) in [5.41, 5.74) is 0. The molecule has 1 saturated heterocycles. The fourth-order valence-electron chi connectivity index (χ4n) is 1.61. The highest BCUT2D eigenvalue weighted by Crippen LogP contribution is 2.06. The molecule has 1 rings (SSSR count). The van der Waals surface area contributed by atoms with Gasteiger partial charge in [-0.25, -0.2) is 0 Å². The van der Waals surface area contributed by atoms with Gasteiger partial charge >= 0.3 is 0 Å². The van der Waals surface area contributed by atoms with Gasteiger partial charge in [-0.05, 0) is 19.9 Å². The van der Waals surface area contributed by atoms with Gasteiger partial charge in [-0.3, -0.25) is 0 Å². The predicted octanol–water partition coefficient (Wildman–Crippen LogP) is 0.806. The van der Waals surface area contributed by atoms with E-state index in [9.17, 15) is 0 Å². The molecule has 90 valence electrons. The van der Waals surface area contributed by atoms with E-state index in [0.29, 0.717) is 26.4 Å². The first-order valence-electron chi connectivity index (χ1n) is 5.89. The Labute approximate surface area is 92.3 Å². The first-order valence-corrected chi connectivity index (χ1v) is 5.89. The smallest absolute Gasteiger partial charge is 0.0984 e. The Morgan fingerprint density at radius 1 is 1.40 bits per heavy atom. The summed E-state index contributed by atoms with van der Waals surface area (Å²) in [5, 5.41) is 3.44. The summed E-state index contributed by atoms with van der Waals surface area (Å²) in [4.78, 5) is 0. The standard InChI is InChI=1S/C11H23NO3/c1-3-5-12-10(8-13-4-2)11-9-14-6-7-15-11/h10-12H,3-9H2,1-2H3. The zero-order chi connectivity index (χ0) is 10.9. The minimum absolute atomic E-state index is 0.136. The molecule has 1 aliphatic rings. The van der Waals surface area contributed by atoms with Crippen LogP contribution in [-0.2, 0) is 14.2 Å². The molecule has 1 heterocycles. The maximum atomic E-state index is 5.67. The van der Waals surface area contributed by atoms with Crippen molar-refractivity contribution < 1.29 is 14.2 Å². The Morgan fingerprint density at radius 3 is 2.87 bits per heavy atom. The maximum Gasteiger partial charge on any atom is 0.0984 e. The summed E-state index contributed by atoms with van der Waals surface area (Å²) in [7, 11) is 0. The van der Waals surface area contributed by atoms with Crippen LogP contribution in [-0.4, -0.2) is 51.7 Å². The van der Waals surface area contributed by atoms with Gasteiger partial charge in [0.15, 0.2) is 0 Å². The van der Waals surface area contributed by atoms with E-state index in [0.717, 1.165) is 19.6 Å². The van der Waals surface area contributed by atoms with Crippen molar-refractivity contribution in [2.45, 2.75) is 32.4 Å². The molecule has 2 unspecified atom stereocenters. The second-order valence-corrected chi connectivity index (χ2v) is 3.70. The van der Waals surface area contributed by atoms with Crippen molar-refractivity contribution in [1.82, 2.24) is 5.32 Å². The van der Waals surface area contributed by atoms with Crippen molar-refractivity contribution in [2.24, 2.45) is 0 Å². The van der Waals surface area contributed by atoms with Crippen LogP contribution in [0.3, 0.4) is 0 Å². The Bertz CT molecular complexity index is 141. The SMILES string of the molecule is CCCNC(COCC)C1COCCO1. The number of ether oxygens (including phenoxy) is 3. The molecule has 4 nitrogen and oxygen atoms in total. The maximum absolute atomic E-state index is 5.67. The predicted molar refractivity (Wildman–Crippen MR) is 59.1 cm³/mol. The third-order valence-electron chi connectivity index (χ3n) is 2.45. The summed E-state index contributed by atoms with van der Waals surface area (Å²) < 4.78 is 16.5. The van der Waals surface area contributed by atoms with Crippen LogP contribution in [0.1, 0.15) is 20.3 Å².